The lowest BCUT2D eigenvalue weighted by Gasteiger charge is -2.29. The van der Waals surface area contributed by atoms with Gasteiger partial charge in [-0.15, -0.1) is 0 Å². The molecule has 0 saturated carbocycles. The van der Waals surface area contributed by atoms with E-state index in [1.807, 2.05) is 48.5 Å². The number of rotatable bonds is 6. The number of halogens is 1. The highest BCUT2D eigenvalue weighted by Crippen LogP contribution is 2.42. The Hall–Kier alpha value is -3.29. The van der Waals surface area contributed by atoms with Crippen molar-refractivity contribution in [3.05, 3.63) is 87.1 Å². The zero-order valence-electron chi connectivity index (χ0n) is 19.0. The highest BCUT2D eigenvalue weighted by Gasteiger charge is 2.33. The van der Waals surface area contributed by atoms with Crippen molar-refractivity contribution in [3.63, 3.8) is 0 Å². The molecule has 34 heavy (non-hydrogen) atoms. The van der Waals surface area contributed by atoms with Crippen LogP contribution in [-0.2, 0) is 13.0 Å². The average molecular weight is 522 g/mol. The Labute approximate surface area is 206 Å². The second-order valence-corrected chi connectivity index (χ2v) is 9.00. The van der Waals surface area contributed by atoms with Gasteiger partial charge >= 0.3 is 0 Å². The van der Waals surface area contributed by atoms with Gasteiger partial charge in [-0.3, -0.25) is 9.69 Å². The van der Waals surface area contributed by atoms with Crippen LogP contribution in [0.1, 0.15) is 27.0 Å². The van der Waals surface area contributed by atoms with Crippen molar-refractivity contribution in [2.45, 2.75) is 13.0 Å². The average Bonchev–Trinajstić information content (AvgIpc) is 3.19. The van der Waals surface area contributed by atoms with Crippen molar-refractivity contribution in [1.29, 1.82) is 0 Å². The molecule has 0 radical (unpaired) electrons. The molecule has 0 N–H and O–H groups in total. The van der Waals surface area contributed by atoms with E-state index >= 15 is 0 Å². The molecule has 3 aromatic rings. The van der Waals surface area contributed by atoms with Crippen LogP contribution in [0.5, 0.6) is 23.0 Å². The number of hydrogen-bond acceptors (Lipinski definition) is 6. The van der Waals surface area contributed by atoms with E-state index in [-0.39, 0.29) is 5.78 Å². The third kappa shape index (κ3) is 4.29. The largest absolute Gasteiger partial charge is 0.493 e. The van der Waals surface area contributed by atoms with Crippen LogP contribution in [0, 0.1) is 0 Å². The molecular weight excluding hydrogens is 498 g/mol. The summed E-state index contributed by atoms with van der Waals surface area (Å²) in [5.41, 5.74) is 3.51. The molecule has 0 atom stereocenters. The molecule has 7 heteroatoms. The predicted octanol–water partition coefficient (Wildman–Crippen LogP) is 5.48. The minimum atomic E-state index is -0.115. The molecule has 6 nitrogen and oxygen atoms in total. The van der Waals surface area contributed by atoms with Crippen molar-refractivity contribution in [2.24, 2.45) is 0 Å². The van der Waals surface area contributed by atoms with Crippen LogP contribution in [0.4, 0.5) is 0 Å². The predicted molar refractivity (Wildman–Crippen MR) is 133 cm³/mol. The Kier molecular flexibility index (Phi) is 6.30. The van der Waals surface area contributed by atoms with Gasteiger partial charge < -0.3 is 18.9 Å². The molecule has 0 aliphatic carbocycles. The van der Waals surface area contributed by atoms with Gasteiger partial charge in [-0.1, -0.05) is 40.2 Å². The van der Waals surface area contributed by atoms with Crippen LogP contribution >= 0.6 is 15.9 Å². The summed E-state index contributed by atoms with van der Waals surface area (Å²) in [5, 5.41) is 0. The molecule has 2 heterocycles. The van der Waals surface area contributed by atoms with E-state index in [0.717, 1.165) is 39.9 Å². The summed E-state index contributed by atoms with van der Waals surface area (Å²) in [4.78, 5) is 15.2. The summed E-state index contributed by atoms with van der Waals surface area (Å²) in [6, 6.07) is 17.3. The molecule has 5 rings (SSSR count). The first-order valence-electron chi connectivity index (χ1n) is 11.0. The molecular formula is C27H24BrNO5. The van der Waals surface area contributed by atoms with Gasteiger partial charge in [-0.05, 0) is 54.0 Å². The molecule has 0 aromatic heterocycles. The molecule has 0 spiro atoms. The monoisotopic (exact) mass is 521 g/mol. The summed E-state index contributed by atoms with van der Waals surface area (Å²) >= 11 is 3.53. The quantitative estimate of drug-likeness (QED) is 0.400. The minimum Gasteiger partial charge on any atom is -0.493 e. The maximum atomic E-state index is 13.0. The lowest BCUT2D eigenvalue weighted by atomic mass is 10.0. The van der Waals surface area contributed by atoms with Crippen LogP contribution in [-0.4, -0.2) is 38.2 Å². The molecule has 0 unspecified atom stereocenters. The smallest absolute Gasteiger partial charge is 0.231 e. The first kappa shape index (κ1) is 22.5. The second kappa shape index (κ2) is 9.52. The second-order valence-electron chi connectivity index (χ2n) is 8.15. The fourth-order valence-corrected chi connectivity index (χ4v) is 4.60. The zero-order chi connectivity index (χ0) is 23.7. The minimum absolute atomic E-state index is 0.115. The van der Waals surface area contributed by atoms with Crippen LogP contribution < -0.4 is 18.9 Å². The third-order valence-corrected chi connectivity index (χ3v) is 6.76. The van der Waals surface area contributed by atoms with Gasteiger partial charge in [0.15, 0.2) is 17.3 Å². The topological polar surface area (TPSA) is 57.2 Å². The van der Waals surface area contributed by atoms with Crippen LogP contribution in [0.25, 0.3) is 6.08 Å². The van der Waals surface area contributed by atoms with E-state index in [0.29, 0.717) is 41.8 Å². The highest BCUT2D eigenvalue weighted by molar-refractivity contribution is 9.10. The van der Waals surface area contributed by atoms with Crippen molar-refractivity contribution in [1.82, 2.24) is 4.90 Å². The number of ketones is 1. The van der Waals surface area contributed by atoms with Gasteiger partial charge in [0.2, 0.25) is 5.78 Å². The SMILES string of the molecule is COc1ccc(CCN2COc3ccc4c(c3C2)O/C(=C\c2ccccc2Br)C4=O)cc1OC. The third-order valence-electron chi connectivity index (χ3n) is 6.04. The highest BCUT2D eigenvalue weighted by atomic mass is 79.9. The molecule has 3 aromatic carbocycles. The Morgan fingerprint density at radius 3 is 2.68 bits per heavy atom. The van der Waals surface area contributed by atoms with E-state index in [4.69, 9.17) is 18.9 Å². The molecule has 2 aliphatic heterocycles. The van der Waals surface area contributed by atoms with Gasteiger partial charge in [0.25, 0.3) is 0 Å². The van der Waals surface area contributed by atoms with E-state index in [2.05, 4.69) is 20.8 Å². The molecule has 0 fully saturated rings. The number of allylic oxidation sites excluding steroid dienone is 1. The normalized spacial score (nSPS) is 16.0. The lowest BCUT2D eigenvalue weighted by molar-refractivity contribution is 0.0949. The van der Waals surface area contributed by atoms with Gasteiger partial charge in [0.1, 0.15) is 18.2 Å². The number of nitrogens with zero attached hydrogens (tertiary/aromatic N) is 1. The van der Waals surface area contributed by atoms with E-state index in [9.17, 15) is 4.79 Å². The Morgan fingerprint density at radius 2 is 1.88 bits per heavy atom. The number of ether oxygens (including phenoxy) is 4. The summed E-state index contributed by atoms with van der Waals surface area (Å²) in [6.07, 6.45) is 2.60. The van der Waals surface area contributed by atoms with Gasteiger partial charge in [0.05, 0.1) is 25.3 Å². The Morgan fingerprint density at radius 1 is 1.06 bits per heavy atom. The standard InChI is InChI=1S/C27H24BrNO5/c1-31-23-9-7-17(13-24(23)32-2)11-12-29-15-20-22(33-16-29)10-8-19-26(30)25(34-27(19)20)14-18-5-3-4-6-21(18)28/h3-10,13-14H,11-12,15-16H2,1-2H3/b25-14-. The molecule has 0 bridgehead atoms. The lowest BCUT2D eigenvalue weighted by Crippen LogP contribution is -2.33. The van der Waals surface area contributed by atoms with E-state index in [1.165, 1.54) is 0 Å². The van der Waals surface area contributed by atoms with Gasteiger partial charge in [-0.25, -0.2) is 0 Å². The number of Topliss-reactive ketones (excluding diaryl/α,β-unsaturated/α-hetero) is 1. The Balaban J connectivity index is 1.34. The summed E-state index contributed by atoms with van der Waals surface area (Å²) in [6.45, 7) is 1.90. The fraction of sp³-hybridized carbons (Fsp3) is 0.222. The van der Waals surface area contributed by atoms with Crippen molar-refractivity contribution in [3.8, 4) is 23.0 Å². The van der Waals surface area contributed by atoms with Gasteiger partial charge in [-0.2, -0.15) is 0 Å². The first-order valence-corrected chi connectivity index (χ1v) is 11.8. The van der Waals surface area contributed by atoms with Crippen molar-refractivity contribution >= 4 is 27.8 Å². The molecule has 0 amide bonds. The number of carbonyl (C=O) groups is 1. The van der Waals surface area contributed by atoms with Crippen molar-refractivity contribution in [2.75, 3.05) is 27.5 Å². The van der Waals surface area contributed by atoms with Crippen LogP contribution in [0.3, 0.4) is 0 Å². The maximum Gasteiger partial charge on any atom is 0.231 e. The Bertz CT molecular complexity index is 1290. The summed E-state index contributed by atoms with van der Waals surface area (Å²) in [5.74, 6) is 2.99. The molecule has 2 aliphatic rings. The maximum absolute atomic E-state index is 13.0. The first-order chi connectivity index (χ1) is 16.6. The van der Waals surface area contributed by atoms with Gasteiger partial charge in [0, 0.05) is 17.6 Å². The van der Waals surface area contributed by atoms with E-state index in [1.54, 1.807) is 26.4 Å². The molecule has 0 saturated heterocycles. The molecule has 174 valence electrons. The fourth-order valence-electron chi connectivity index (χ4n) is 4.20. The number of carbonyl (C=O) groups excluding carboxylic acids is 1. The number of hydrogen-bond donors (Lipinski definition) is 0. The summed E-state index contributed by atoms with van der Waals surface area (Å²) in [7, 11) is 3.27. The summed E-state index contributed by atoms with van der Waals surface area (Å²) < 4.78 is 23.7. The zero-order valence-corrected chi connectivity index (χ0v) is 20.6. The number of methoxy groups -OCH3 is 2. The number of benzene rings is 3. The van der Waals surface area contributed by atoms with Crippen LogP contribution in [0.2, 0.25) is 0 Å². The number of fused-ring (bicyclic) bond motifs is 3. The van der Waals surface area contributed by atoms with Crippen LogP contribution in [0.15, 0.2) is 64.8 Å². The van der Waals surface area contributed by atoms with E-state index < -0.39 is 0 Å². The van der Waals surface area contributed by atoms with Crippen molar-refractivity contribution < 1.29 is 23.7 Å².